The summed E-state index contributed by atoms with van der Waals surface area (Å²) in [4.78, 5) is 13.9. The van der Waals surface area contributed by atoms with Crippen molar-refractivity contribution in [2.45, 2.75) is 26.3 Å². The summed E-state index contributed by atoms with van der Waals surface area (Å²) in [6.07, 6.45) is 3.84. The summed E-state index contributed by atoms with van der Waals surface area (Å²) in [6, 6.07) is 7.71. The van der Waals surface area contributed by atoms with Gasteiger partial charge in [-0.1, -0.05) is 29.8 Å². The molecule has 114 valence electrons. The predicted octanol–water partition coefficient (Wildman–Crippen LogP) is 2.04. The Bertz CT molecular complexity index is 632. The van der Waals surface area contributed by atoms with Crippen molar-refractivity contribution in [3.8, 4) is 0 Å². The Balaban J connectivity index is 2.05. The number of carbonyl (C=O) groups excluding carboxylic acids is 1. The van der Waals surface area contributed by atoms with Gasteiger partial charge in [0, 0.05) is 18.7 Å². The highest BCUT2D eigenvalue weighted by atomic mass is 32.2. The van der Waals surface area contributed by atoms with Gasteiger partial charge in [-0.25, -0.2) is 8.42 Å². The van der Waals surface area contributed by atoms with E-state index in [1.807, 2.05) is 38.1 Å². The number of hydrogen-bond donors (Lipinski definition) is 0. The third-order valence-electron chi connectivity index (χ3n) is 3.77. The summed E-state index contributed by atoms with van der Waals surface area (Å²) >= 11 is 0. The Morgan fingerprint density at radius 3 is 2.52 bits per heavy atom. The van der Waals surface area contributed by atoms with E-state index in [2.05, 4.69) is 0 Å². The van der Waals surface area contributed by atoms with Crippen LogP contribution in [0.5, 0.6) is 0 Å². The number of rotatable bonds is 4. The molecule has 1 aromatic rings. The van der Waals surface area contributed by atoms with Gasteiger partial charge in [0.25, 0.3) is 0 Å². The molecule has 1 aliphatic heterocycles. The highest BCUT2D eigenvalue weighted by Crippen LogP contribution is 2.18. The maximum absolute atomic E-state index is 12.3. The lowest BCUT2D eigenvalue weighted by molar-refractivity contribution is -0.127. The molecule has 21 heavy (non-hydrogen) atoms. The van der Waals surface area contributed by atoms with E-state index < -0.39 is 9.84 Å². The second kappa shape index (κ2) is 6.43. The molecule has 1 aromatic carbocycles. The van der Waals surface area contributed by atoms with Crippen LogP contribution < -0.4 is 0 Å². The number of sulfone groups is 1. The lowest BCUT2D eigenvalue weighted by Crippen LogP contribution is -2.40. The van der Waals surface area contributed by atoms with Crippen molar-refractivity contribution >= 4 is 21.8 Å². The Kier molecular flexibility index (Phi) is 4.83. The molecule has 1 atom stereocenters. The molecule has 0 spiro atoms. The van der Waals surface area contributed by atoms with Gasteiger partial charge in [-0.15, -0.1) is 0 Å². The van der Waals surface area contributed by atoms with E-state index in [0.29, 0.717) is 13.0 Å². The average molecular weight is 307 g/mol. The van der Waals surface area contributed by atoms with Crippen LogP contribution in [0.25, 0.3) is 6.08 Å². The molecular formula is C16H21NO3S. The molecule has 2 rings (SSSR count). The summed E-state index contributed by atoms with van der Waals surface area (Å²) in [7, 11) is -2.97. The minimum Gasteiger partial charge on any atom is -0.335 e. The molecule has 1 fully saturated rings. The summed E-state index contributed by atoms with van der Waals surface area (Å²) < 4.78 is 23.1. The summed E-state index contributed by atoms with van der Waals surface area (Å²) in [5.74, 6) is 0.147. The fraction of sp³-hybridized carbons (Fsp3) is 0.438. The van der Waals surface area contributed by atoms with Gasteiger partial charge in [0.15, 0.2) is 9.84 Å². The zero-order chi connectivity index (χ0) is 15.5. The molecule has 5 heteroatoms. The van der Waals surface area contributed by atoms with Crippen LogP contribution in [0.3, 0.4) is 0 Å². The standard InChI is InChI=1S/C16H21NO3S/c1-3-17(15-10-11-21(19,20)12-15)16(18)9-8-14-6-4-13(2)5-7-14/h4-9,15H,3,10-12H2,1-2H3/b9-8+. The first-order chi connectivity index (χ1) is 9.91. The third kappa shape index (κ3) is 4.17. The van der Waals surface area contributed by atoms with Gasteiger partial charge in [-0.05, 0) is 31.9 Å². The molecular weight excluding hydrogens is 286 g/mol. The molecule has 1 amide bonds. The van der Waals surface area contributed by atoms with Crippen LogP contribution in [0, 0.1) is 6.92 Å². The van der Waals surface area contributed by atoms with E-state index in [4.69, 9.17) is 0 Å². The van der Waals surface area contributed by atoms with Crippen LogP contribution in [0.4, 0.5) is 0 Å². The monoisotopic (exact) mass is 307 g/mol. The number of benzene rings is 1. The van der Waals surface area contributed by atoms with Gasteiger partial charge < -0.3 is 4.90 Å². The molecule has 1 heterocycles. The number of aryl methyl sites for hydroxylation is 1. The van der Waals surface area contributed by atoms with Crippen LogP contribution in [0.15, 0.2) is 30.3 Å². The first kappa shape index (κ1) is 15.8. The topological polar surface area (TPSA) is 54.5 Å². The Labute approximate surface area is 126 Å². The lowest BCUT2D eigenvalue weighted by atomic mass is 10.1. The van der Waals surface area contributed by atoms with Crippen molar-refractivity contribution in [3.05, 3.63) is 41.5 Å². The number of likely N-dealkylation sites (N-methyl/N-ethyl adjacent to an activating group) is 1. The summed E-state index contributed by atoms with van der Waals surface area (Å²) in [5, 5.41) is 0. The number of carbonyl (C=O) groups is 1. The van der Waals surface area contributed by atoms with Crippen molar-refractivity contribution in [2.75, 3.05) is 18.1 Å². The second-order valence-electron chi connectivity index (χ2n) is 5.43. The van der Waals surface area contributed by atoms with Crippen LogP contribution in [-0.2, 0) is 14.6 Å². The summed E-state index contributed by atoms with van der Waals surface area (Å²) in [5.41, 5.74) is 2.13. The quantitative estimate of drug-likeness (QED) is 0.800. The van der Waals surface area contributed by atoms with Crippen LogP contribution in [-0.4, -0.2) is 43.3 Å². The van der Waals surface area contributed by atoms with E-state index in [9.17, 15) is 13.2 Å². The van der Waals surface area contributed by atoms with Gasteiger partial charge in [-0.2, -0.15) is 0 Å². The maximum atomic E-state index is 12.3. The Morgan fingerprint density at radius 2 is 2.00 bits per heavy atom. The first-order valence-electron chi connectivity index (χ1n) is 7.17. The Hall–Kier alpha value is -1.62. The smallest absolute Gasteiger partial charge is 0.246 e. The minimum absolute atomic E-state index is 0.0882. The molecule has 0 aliphatic carbocycles. The van der Waals surface area contributed by atoms with Crippen molar-refractivity contribution in [3.63, 3.8) is 0 Å². The van der Waals surface area contributed by atoms with Gasteiger partial charge in [0.05, 0.1) is 11.5 Å². The van der Waals surface area contributed by atoms with Crippen LogP contribution >= 0.6 is 0 Å². The minimum atomic E-state index is -2.97. The predicted molar refractivity (Wildman–Crippen MR) is 84.7 cm³/mol. The third-order valence-corrected chi connectivity index (χ3v) is 5.52. The van der Waals surface area contributed by atoms with Gasteiger partial charge >= 0.3 is 0 Å². The van der Waals surface area contributed by atoms with Crippen LogP contribution in [0.2, 0.25) is 0 Å². The SMILES string of the molecule is CCN(C(=O)/C=C/c1ccc(C)cc1)C1CCS(=O)(=O)C1. The van der Waals surface area contributed by atoms with E-state index in [1.54, 1.807) is 11.0 Å². The highest BCUT2D eigenvalue weighted by Gasteiger charge is 2.33. The summed E-state index contributed by atoms with van der Waals surface area (Å²) in [6.45, 7) is 4.41. The maximum Gasteiger partial charge on any atom is 0.246 e. The second-order valence-corrected chi connectivity index (χ2v) is 7.65. The number of nitrogens with zero attached hydrogens (tertiary/aromatic N) is 1. The van der Waals surface area contributed by atoms with Gasteiger partial charge in [0.2, 0.25) is 5.91 Å². The Morgan fingerprint density at radius 1 is 1.33 bits per heavy atom. The van der Waals surface area contributed by atoms with E-state index in [1.165, 1.54) is 11.6 Å². The van der Waals surface area contributed by atoms with Gasteiger partial charge in [-0.3, -0.25) is 4.79 Å². The lowest BCUT2D eigenvalue weighted by Gasteiger charge is -2.25. The molecule has 0 aromatic heterocycles. The molecule has 1 unspecified atom stereocenters. The molecule has 0 N–H and O–H groups in total. The zero-order valence-corrected chi connectivity index (χ0v) is 13.3. The molecule has 1 saturated heterocycles. The van der Waals surface area contributed by atoms with Gasteiger partial charge in [0.1, 0.15) is 0 Å². The largest absolute Gasteiger partial charge is 0.335 e. The van der Waals surface area contributed by atoms with Crippen molar-refractivity contribution in [1.29, 1.82) is 0 Å². The van der Waals surface area contributed by atoms with E-state index in [0.717, 1.165) is 5.56 Å². The zero-order valence-electron chi connectivity index (χ0n) is 12.5. The molecule has 0 bridgehead atoms. The molecule has 0 saturated carbocycles. The fourth-order valence-electron chi connectivity index (χ4n) is 2.56. The fourth-order valence-corrected chi connectivity index (χ4v) is 4.29. The number of amides is 1. The highest BCUT2D eigenvalue weighted by molar-refractivity contribution is 7.91. The average Bonchev–Trinajstić information content (AvgIpc) is 2.79. The molecule has 0 radical (unpaired) electrons. The molecule has 4 nitrogen and oxygen atoms in total. The van der Waals surface area contributed by atoms with E-state index in [-0.39, 0.29) is 23.5 Å². The molecule has 1 aliphatic rings. The van der Waals surface area contributed by atoms with E-state index >= 15 is 0 Å². The van der Waals surface area contributed by atoms with Crippen molar-refractivity contribution in [2.24, 2.45) is 0 Å². The first-order valence-corrected chi connectivity index (χ1v) is 8.99. The van der Waals surface area contributed by atoms with Crippen molar-refractivity contribution < 1.29 is 13.2 Å². The number of hydrogen-bond acceptors (Lipinski definition) is 3. The normalized spacial score (nSPS) is 20.8. The van der Waals surface area contributed by atoms with Crippen molar-refractivity contribution in [1.82, 2.24) is 4.90 Å². The van der Waals surface area contributed by atoms with Crippen LogP contribution in [0.1, 0.15) is 24.5 Å².